The molecule has 1 amide bonds. The third-order valence-corrected chi connectivity index (χ3v) is 8.99. The van der Waals surface area contributed by atoms with E-state index in [2.05, 4.69) is 69.0 Å². The molecule has 1 atom stereocenters. The van der Waals surface area contributed by atoms with Gasteiger partial charge in [0.2, 0.25) is 5.91 Å². The quantitative estimate of drug-likeness (QED) is 0.474. The minimum Gasteiger partial charge on any atom is -0.493 e. The fraction of sp³-hybridized carbons (Fsp3) is 0.645. The van der Waals surface area contributed by atoms with Crippen molar-refractivity contribution >= 4 is 17.5 Å². The molecule has 0 N–H and O–H groups in total. The Kier molecular flexibility index (Phi) is 7.91. The molecule has 1 unspecified atom stereocenters. The average molecular weight is 534 g/mol. The van der Waals surface area contributed by atoms with Crippen molar-refractivity contribution in [1.29, 1.82) is 0 Å². The molecular formula is C31H43N5O3. The molecule has 3 heterocycles. The fourth-order valence-corrected chi connectivity index (χ4v) is 6.19. The van der Waals surface area contributed by atoms with Gasteiger partial charge in [0.25, 0.3) is 0 Å². The SMILES string of the molecule is CC(C)c1noc(N2CCC(COc3ccc(C4=CCC(C(=O)N5CCN(C6CC6)CC5)CC4)cc3)CC2)n1. The van der Waals surface area contributed by atoms with E-state index in [9.17, 15) is 4.79 Å². The van der Waals surface area contributed by atoms with Gasteiger partial charge < -0.3 is 19.1 Å². The van der Waals surface area contributed by atoms with Gasteiger partial charge in [-0.1, -0.05) is 37.2 Å². The summed E-state index contributed by atoms with van der Waals surface area (Å²) in [5.74, 6) is 3.02. The third-order valence-electron chi connectivity index (χ3n) is 8.99. The Hall–Kier alpha value is -2.87. The number of anilines is 1. The lowest BCUT2D eigenvalue weighted by Crippen LogP contribution is -2.51. The van der Waals surface area contributed by atoms with Crippen molar-refractivity contribution in [3.63, 3.8) is 0 Å². The molecule has 1 aromatic heterocycles. The first-order valence-corrected chi connectivity index (χ1v) is 15.1. The number of hydrogen-bond donors (Lipinski definition) is 0. The highest BCUT2D eigenvalue weighted by molar-refractivity contribution is 5.81. The highest BCUT2D eigenvalue weighted by atomic mass is 16.5. The standard InChI is InChI=1S/C31H43N5O3/c1-22(2)29-32-31(39-33-29)36-15-13-23(14-16-36)21-38-28-11-7-25(8-12-28)24-3-5-26(6-4-24)30(37)35-19-17-34(18-20-35)27-9-10-27/h3,7-8,11-12,22-23,26-27H,4-6,9-10,13-21H2,1-2H3. The molecule has 0 bridgehead atoms. The molecule has 2 aliphatic heterocycles. The molecule has 6 rings (SSSR count). The van der Waals surface area contributed by atoms with Crippen molar-refractivity contribution in [2.24, 2.45) is 11.8 Å². The summed E-state index contributed by atoms with van der Waals surface area (Å²) in [4.78, 5) is 24.5. The lowest BCUT2D eigenvalue weighted by Gasteiger charge is -2.37. The van der Waals surface area contributed by atoms with E-state index < -0.39 is 0 Å². The zero-order valence-electron chi connectivity index (χ0n) is 23.6. The smallest absolute Gasteiger partial charge is 0.324 e. The summed E-state index contributed by atoms with van der Waals surface area (Å²) in [5.41, 5.74) is 2.61. The third kappa shape index (κ3) is 6.32. The minimum absolute atomic E-state index is 0.146. The Balaban J connectivity index is 0.933. The second-order valence-corrected chi connectivity index (χ2v) is 12.1. The van der Waals surface area contributed by atoms with Crippen molar-refractivity contribution in [2.45, 2.75) is 70.8 Å². The number of aromatic nitrogens is 2. The number of nitrogens with zero attached hydrogens (tertiary/aromatic N) is 5. The normalized spacial score (nSPS) is 23.3. The van der Waals surface area contributed by atoms with Gasteiger partial charge in [0.15, 0.2) is 5.82 Å². The van der Waals surface area contributed by atoms with Gasteiger partial charge in [-0.25, -0.2) is 0 Å². The van der Waals surface area contributed by atoms with Crippen LogP contribution in [0, 0.1) is 11.8 Å². The molecule has 2 aliphatic carbocycles. The summed E-state index contributed by atoms with van der Waals surface area (Å²) >= 11 is 0. The molecule has 2 aromatic rings. The molecule has 0 spiro atoms. The number of rotatable bonds is 8. The van der Waals surface area contributed by atoms with Gasteiger partial charge in [-0.2, -0.15) is 4.98 Å². The Morgan fingerprint density at radius 1 is 1.00 bits per heavy atom. The summed E-state index contributed by atoms with van der Waals surface area (Å²) in [6.07, 6.45) is 9.88. The number of piperazine rings is 1. The van der Waals surface area contributed by atoms with E-state index in [1.165, 1.54) is 24.0 Å². The van der Waals surface area contributed by atoms with Gasteiger partial charge in [0.1, 0.15) is 5.75 Å². The van der Waals surface area contributed by atoms with Gasteiger partial charge >= 0.3 is 6.01 Å². The van der Waals surface area contributed by atoms with Crippen LogP contribution in [0.25, 0.3) is 5.57 Å². The molecule has 3 fully saturated rings. The highest BCUT2D eigenvalue weighted by Crippen LogP contribution is 2.33. The molecule has 8 heteroatoms. The van der Waals surface area contributed by atoms with Crippen LogP contribution in [-0.4, -0.2) is 77.8 Å². The van der Waals surface area contributed by atoms with Crippen LogP contribution in [0.1, 0.15) is 76.1 Å². The Bertz CT molecular complexity index is 1140. The van der Waals surface area contributed by atoms with Crippen molar-refractivity contribution in [3.05, 3.63) is 41.7 Å². The van der Waals surface area contributed by atoms with Gasteiger partial charge in [0.05, 0.1) is 6.61 Å². The van der Waals surface area contributed by atoms with Crippen molar-refractivity contribution in [3.8, 4) is 5.75 Å². The lowest BCUT2D eigenvalue weighted by molar-refractivity contribution is -0.137. The molecule has 39 heavy (non-hydrogen) atoms. The molecule has 0 radical (unpaired) electrons. The first-order chi connectivity index (χ1) is 19.0. The van der Waals surface area contributed by atoms with Crippen molar-refractivity contribution in [1.82, 2.24) is 19.9 Å². The number of ether oxygens (including phenoxy) is 1. The molecule has 8 nitrogen and oxygen atoms in total. The second kappa shape index (κ2) is 11.7. The predicted molar refractivity (Wildman–Crippen MR) is 152 cm³/mol. The van der Waals surface area contributed by atoms with Crippen LogP contribution in [0.5, 0.6) is 5.75 Å². The first kappa shape index (κ1) is 26.4. The van der Waals surface area contributed by atoms with E-state index in [0.29, 0.717) is 17.8 Å². The summed E-state index contributed by atoms with van der Waals surface area (Å²) in [7, 11) is 0. The van der Waals surface area contributed by atoms with Gasteiger partial charge in [0, 0.05) is 57.1 Å². The molecular weight excluding hydrogens is 490 g/mol. The fourth-order valence-electron chi connectivity index (χ4n) is 6.19. The van der Waals surface area contributed by atoms with Gasteiger partial charge in [-0.05, 0) is 74.1 Å². The summed E-state index contributed by atoms with van der Waals surface area (Å²) in [6.45, 7) is 10.6. The van der Waals surface area contributed by atoms with Crippen LogP contribution < -0.4 is 9.64 Å². The van der Waals surface area contributed by atoms with Crippen molar-refractivity contribution < 1.29 is 14.1 Å². The predicted octanol–water partition coefficient (Wildman–Crippen LogP) is 4.98. The molecule has 2 saturated heterocycles. The van der Waals surface area contributed by atoms with Crippen LogP contribution in [-0.2, 0) is 4.79 Å². The van der Waals surface area contributed by atoms with Crippen LogP contribution >= 0.6 is 0 Å². The number of benzene rings is 1. The van der Waals surface area contributed by atoms with E-state index >= 15 is 0 Å². The Labute approximate surface area is 232 Å². The lowest BCUT2D eigenvalue weighted by atomic mass is 9.85. The topological polar surface area (TPSA) is 74.9 Å². The maximum atomic E-state index is 13.1. The highest BCUT2D eigenvalue weighted by Gasteiger charge is 2.34. The molecule has 4 aliphatic rings. The zero-order valence-corrected chi connectivity index (χ0v) is 23.6. The molecule has 210 valence electrons. The average Bonchev–Trinajstić information content (AvgIpc) is 3.72. The van der Waals surface area contributed by atoms with Crippen molar-refractivity contribution in [2.75, 3.05) is 50.8 Å². The van der Waals surface area contributed by atoms with Gasteiger partial charge in [-0.3, -0.25) is 9.69 Å². The number of allylic oxidation sites excluding steroid dienone is 2. The van der Waals surface area contributed by atoms with E-state index in [0.717, 1.165) is 95.6 Å². The van der Waals surface area contributed by atoms with E-state index in [4.69, 9.17) is 9.26 Å². The Morgan fingerprint density at radius 2 is 1.74 bits per heavy atom. The van der Waals surface area contributed by atoms with Crippen LogP contribution in [0.3, 0.4) is 0 Å². The number of amides is 1. The van der Waals surface area contributed by atoms with E-state index in [1.807, 2.05) is 0 Å². The van der Waals surface area contributed by atoms with Gasteiger partial charge in [-0.15, -0.1) is 0 Å². The first-order valence-electron chi connectivity index (χ1n) is 15.1. The minimum atomic E-state index is 0.146. The zero-order chi connectivity index (χ0) is 26.8. The Morgan fingerprint density at radius 3 is 2.36 bits per heavy atom. The van der Waals surface area contributed by atoms with E-state index in [-0.39, 0.29) is 11.8 Å². The summed E-state index contributed by atoms with van der Waals surface area (Å²) in [6, 6.07) is 9.98. The number of carbonyl (C=O) groups excluding carboxylic acids is 1. The van der Waals surface area contributed by atoms with Crippen LogP contribution in [0.2, 0.25) is 0 Å². The second-order valence-electron chi connectivity index (χ2n) is 12.1. The largest absolute Gasteiger partial charge is 0.493 e. The number of carbonyl (C=O) groups is 1. The number of piperidine rings is 1. The van der Waals surface area contributed by atoms with Crippen LogP contribution in [0.4, 0.5) is 6.01 Å². The molecule has 1 saturated carbocycles. The maximum Gasteiger partial charge on any atom is 0.324 e. The molecule has 1 aromatic carbocycles. The summed E-state index contributed by atoms with van der Waals surface area (Å²) < 4.78 is 11.6. The van der Waals surface area contributed by atoms with Crippen LogP contribution in [0.15, 0.2) is 34.9 Å². The maximum absolute atomic E-state index is 13.1. The monoisotopic (exact) mass is 533 g/mol. The van der Waals surface area contributed by atoms with E-state index in [1.54, 1.807) is 0 Å². The number of hydrogen-bond acceptors (Lipinski definition) is 7. The summed E-state index contributed by atoms with van der Waals surface area (Å²) in [5, 5.41) is 4.09.